The number of piperidine rings is 2. The summed E-state index contributed by atoms with van der Waals surface area (Å²) < 4.78 is 8.99. The van der Waals surface area contributed by atoms with E-state index in [2.05, 4.69) is 65.7 Å². The van der Waals surface area contributed by atoms with Crippen LogP contribution < -0.4 is 36.0 Å². The summed E-state index contributed by atoms with van der Waals surface area (Å²) in [7, 11) is 3.42. The summed E-state index contributed by atoms with van der Waals surface area (Å²) in [6.45, 7) is 12.3. The average Bonchev–Trinajstić information content (AvgIpc) is 3.56. The molecule has 3 unspecified atom stereocenters. The number of anilines is 4. The summed E-state index contributed by atoms with van der Waals surface area (Å²) in [4.78, 5) is 70.6. The van der Waals surface area contributed by atoms with Gasteiger partial charge in [0, 0.05) is 88.8 Å². The Morgan fingerprint density at radius 1 is 1.02 bits per heavy atom. The zero-order valence-electron chi connectivity index (χ0n) is 34.6. The number of carbonyl (C=O) groups excluding carboxylic acids is 3. The standard InChI is InChI=1S/C42H51ClN12O5/c1-24(2)55-39-27(17-34(41(55)59)60-23-36(57)44-4)16-28(19-45-39)47-38-32(43)20-46-42(49-38)54-11-10-26(25(3)21-54)22-52-12-14-53(15-13-52)29-6-7-30-33(18-29)51(5)50-37(30)31-8-9-35(56)48-40(31)58/h6-7,16-20,24-26,31H,8-15,21-23H2,1-5H3,(H,44,57)(H,46,47,49)(H,48,56,58). The second kappa shape index (κ2) is 17.0. The van der Waals surface area contributed by atoms with Crippen molar-refractivity contribution in [2.45, 2.75) is 52.0 Å². The largest absolute Gasteiger partial charge is 0.478 e. The maximum absolute atomic E-state index is 13.2. The summed E-state index contributed by atoms with van der Waals surface area (Å²) in [6, 6.07) is 9.61. The minimum absolute atomic E-state index is 0.0597. The van der Waals surface area contributed by atoms with Gasteiger partial charge in [-0.1, -0.05) is 18.5 Å². The van der Waals surface area contributed by atoms with E-state index in [9.17, 15) is 19.2 Å². The molecule has 0 aliphatic carbocycles. The van der Waals surface area contributed by atoms with Crippen molar-refractivity contribution in [3.8, 4) is 5.75 Å². The maximum atomic E-state index is 13.2. The molecule has 60 heavy (non-hydrogen) atoms. The number of likely N-dealkylation sites (N-methyl/N-ethyl adjacent to an activating group) is 1. The Balaban J connectivity index is 0.879. The number of piperazine rings is 1. The van der Waals surface area contributed by atoms with Crippen LogP contribution in [0, 0.1) is 11.8 Å². The Bertz CT molecular complexity index is 2510. The van der Waals surface area contributed by atoms with Crippen LogP contribution in [0.1, 0.15) is 57.7 Å². The Morgan fingerprint density at radius 2 is 1.82 bits per heavy atom. The first-order chi connectivity index (χ1) is 28.9. The number of imide groups is 1. The molecule has 0 saturated carbocycles. The van der Waals surface area contributed by atoms with Gasteiger partial charge in [-0.15, -0.1) is 0 Å². The first kappa shape index (κ1) is 40.9. The lowest BCUT2D eigenvalue weighted by molar-refractivity contribution is -0.134. The number of pyridine rings is 2. The first-order valence-electron chi connectivity index (χ1n) is 20.6. The molecule has 3 aliphatic heterocycles. The first-order valence-corrected chi connectivity index (χ1v) is 21.0. The molecule has 316 valence electrons. The molecule has 3 atom stereocenters. The summed E-state index contributed by atoms with van der Waals surface area (Å²) in [5.74, 6) is 0.800. The van der Waals surface area contributed by atoms with Crippen molar-refractivity contribution in [2.75, 3.05) is 74.6 Å². The minimum Gasteiger partial charge on any atom is -0.478 e. The summed E-state index contributed by atoms with van der Waals surface area (Å²) in [6.07, 6.45) is 5.06. The van der Waals surface area contributed by atoms with E-state index in [1.54, 1.807) is 23.0 Å². The van der Waals surface area contributed by atoms with Crippen molar-refractivity contribution in [2.24, 2.45) is 18.9 Å². The van der Waals surface area contributed by atoms with Gasteiger partial charge in [0.2, 0.25) is 17.8 Å². The number of carbonyl (C=O) groups is 3. The number of nitrogens with one attached hydrogen (secondary N) is 3. The van der Waals surface area contributed by atoms with E-state index in [1.807, 2.05) is 31.6 Å². The van der Waals surface area contributed by atoms with E-state index in [-0.39, 0.29) is 41.7 Å². The fourth-order valence-corrected chi connectivity index (χ4v) is 8.79. The SMILES string of the molecule is CNC(=O)COc1cc2cc(Nc3nc(N4CCC(CN5CCN(c6ccc7c(C8CCC(=O)NC8=O)nn(C)c7c6)CC5)C(C)C4)ncc3Cl)cnc2n(C(C)C)c1=O. The quantitative estimate of drug-likeness (QED) is 0.163. The molecule has 4 aromatic heterocycles. The van der Waals surface area contributed by atoms with Crippen LogP contribution in [0.3, 0.4) is 0 Å². The van der Waals surface area contributed by atoms with Crippen molar-refractivity contribution in [3.63, 3.8) is 0 Å². The molecular formula is C42H51ClN12O5. The summed E-state index contributed by atoms with van der Waals surface area (Å²) >= 11 is 6.62. The van der Waals surface area contributed by atoms with Crippen molar-refractivity contribution in [3.05, 3.63) is 63.8 Å². The Morgan fingerprint density at radius 3 is 2.55 bits per heavy atom. The molecule has 3 fully saturated rings. The van der Waals surface area contributed by atoms with Crippen molar-refractivity contribution in [1.29, 1.82) is 0 Å². The number of ether oxygens (including phenoxy) is 1. The van der Waals surface area contributed by atoms with Crippen LogP contribution in [0.25, 0.3) is 21.9 Å². The fraction of sp³-hybridized carbons (Fsp3) is 0.476. The van der Waals surface area contributed by atoms with Crippen LogP contribution in [0.5, 0.6) is 5.75 Å². The van der Waals surface area contributed by atoms with Crippen LogP contribution >= 0.6 is 11.6 Å². The molecule has 3 aliphatic rings. The zero-order chi connectivity index (χ0) is 42.2. The molecule has 0 radical (unpaired) electrons. The van der Waals surface area contributed by atoms with Crippen molar-refractivity contribution >= 4 is 74.4 Å². The highest BCUT2D eigenvalue weighted by Gasteiger charge is 2.33. The lowest BCUT2D eigenvalue weighted by Crippen LogP contribution is -2.50. The molecule has 1 aromatic carbocycles. The second-order valence-electron chi connectivity index (χ2n) is 16.3. The van der Waals surface area contributed by atoms with E-state index in [0.29, 0.717) is 58.2 Å². The third-order valence-corrected chi connectivity index (χ3v) is 12.3. The Hall–Kier alpha value is -5.81. The fourth-order valence-electron chi connectivity index (χ4n) is 8.65. The lowest BCUT2D eigenvalue weighted by Gasteiger charge is -2.42. The Kier molecular flexibility index (Phi) is 11.6. The molecule has 3 amide bonds. The number of hydrogen-bond donors (Lipinski definition) is 3. The molecule has 17 nitrogen and oxygen atoms in total. The molecule has 3 N–H and O–H groups in total. The van der Waals surface area contributed by atoms with Gasteiger partial charge in [-0.2, -0.15) is 10.1 Å². The van der Waals surface area contributed by atoms with Crippen molar-refractivity contribution < 1.29 is 19.1 Å². The monoisotopic (exact) mass is 838 g/mol. The van der Waals surface area contributed by atoms with Gasteiger partial charge in [0.05, 0.1) is 35.2 Å². The van der Waals surface area contributed by atoms with Gasteiger partial charge in [-0.3, -0.25) is 38.6 Å². The number of amides is 3. The summed E-state index contributed by atoms with van der Waals surface area (Å²) in [5.41, 5.74) is 3.60. The molecule has 18 heteroatoms. The van der Waals surface area contributed by atoms with E-state index < -0.39 is 5.92 Å². The van der Waals surface area contributed by atoms with E-state index >= 15 is 0 Å². The maximum Gasteiger partial charge on any atom is 0.294 e. The molecular weight excluding hydrogens is 788 g/mol. The Labute approximate surface area is 352 Å². The normalized spacial score (nSPS) is 20.2. The number of benzene rings is 1. The highest BCUT2D eigenvalue weighted by molar-refractivity contribution is 6.33. The van der Waals surface area contributed by atoms with E-state index in [4.69, 9.17) is 26.4 Å². The predicted molar refractivity (Wildman–Crippen MR) is 230 cm³/mol. The van der Waals surface area contributed by atoms with E-state index in [1.165, 1.54) is 7.05 Å². The second-order valence-corrected chi connectivity index (χ2v) is 16.7. The highest BCUT2D eigenvalue weighted by Crippen LogP contribution is 2.34. The molecule has 0 bridgehead atoms. The zero-order valence-corrected chi connectivity index (χ0v) is 35.3. The predicted octanol–water partition coefficient (Wildman–Crippen LogP) is 3.98. The third-order valence-electron chi connectivity index (χ3n) is 12.0. The average molecular weight is 839 g/mol. The molecule has 5 aromatic rings. The van der Waals surface area contributed by atoms with Gasteiger partial charge in [0.15, 0.2) is 18.2 Å². The number of aryl methyl sites for hydroxylation is 1. The van der Waals surface area contributed by atoms with Gasteiger partial charge in [0.25, 0.3) is 11.5 Å². The van der Waals surface area contributed by atoms with E-state index in [0.717, 1.165) is 74.5 Å². The molecule has 0 spiro atoms. The number of nitrogens with zero attached hydrogens (tertiary/aromatic N) is 9. The van der Waals surface area contributed by atoms with Crippen LogP contribution in [0.4, 0.5) is 23.1 Å². The van der Waals surface area contributed by atoms with Gasteiger partial charge < -0.3 is 25.2 Å². The van der Waals surface area contributed by atoms with Crippen molar-refractivity contribution in [1.82, 2.24) is 44.8 Å². The molecule has 8 rings (SSSR count). The van der Waals surface area contributed by atoms with Gasteiger partial charge in [-0.25, -0.2) is 9.97 Å². The summed E-state index contributed by atoms with van der Waals surface area (Å²) in [5, 5.41) is 14.9. The van der Waals surface area contributed by atoms with Crippen LogP contribution in [0.15, 0.2) is 47.5 Å². The highest BCUT2D eigenvalue weighted by atomic mass is 35.5. The van der Waals surface area contributed by atoms with Gasteiger partial charge >= 0.3 is 0 Å². The van der Waals surface area contributed by atoms with Gasteiger partial charge in [0.1, 0.15) is 10.7 Å². The van der Waals surface area contributed by atoms with Crippen LogP contribution in [-0.2, 0) is 21.4 Å². The third kappa shape index (κ3) is 8.32. The minimum atomic E-state index is -0.419. The number of fused-ring (bicyclic) bond motifs is 2. The van der Waals surface area contributed by atoms with Crippen LogP contribution in [-0.4, -0.2) is 111 Å². The molecule has 7 heterocycles. The van der Waals surface area contributed by atoms with Crippen LogP contribution in [0.2, 0.25) is 5.02 Å². The number of halogens is 1. The number of hydrogen-bond acceptors (Lipinski definition) is 13. The number of rotatable bonds is 11. The lowest BCUT2D eigenvalue weighted by atomic mass is 9.86. The number of aromatic nitrogens is 6. The topological polar surface area (TPSA) is 185 Å². The smallest absolute Gasteiger partial charge is 0.294 e. The molecule has 3 saturated heterocycles. The van der Waals surface area contributed by atoms with Gasteiger partial charge in [-0.05, 0) is 68.9 Å².